The Labute approximate surface area is 136 Å². The van der Waals surface area contributed by atoms with E-state index in [1.165, 1.54) is 12.1 Å². The number of halogens is 1. The molecule has 0 saturated heterocycles. The highest BCUT2D eigenvalue weighted by molar-refractivity contribution is 5.94. The minimum Gasteiger partial charge on any atom is -0.395 e. The lowest BCUT2D eigenvalue weighted by Gasteiger charge is -2.15. The molecule has 0 fully saturated rings. The van der Waals surface area contributed by atoms with E-state index in [-0.39, 0.29) is 12.0 Å². The van der Waals surface area contributed by atoms with Gasteiger partial charge in [-0.1, -0.05) is 0 Å². The summed E-state index contributed by atoms with van der Waals surface area (Å²) in [5, 5.41) is 14.4. The fraction of sp³-hybridized carbons (Fsp3) is 0.111. The smallest absolute Gasteiger partial charge is 0.197 e. The molecule has 120 valence electrons. The normalized spacial score (nSPS) is 11.4. The molecule has 4 aromatic rings. The molecule has 6 heteroatoms. The minimum atomic E-state index is -0.456. The molecule has 2 aromatic carbocycles. The molecule has 0 radical (unpaired) electrons. The number of benzene rings is 2. The van der Waals surface area contributed by atoms with E-state index in [1.54, 1.807) is 29.1 Å². The van der Waals surface area contributed by atoms with Gasteiger partial charge in [-0.25, -0.2) is 9.07 Å². The Balaban J connectivity index is 2.13. The maximum Gasteiger partial charge on any atom is 0.197 e. The second-order valence-corrected chi connectivity index (χ2v) is 5.52. The summed E-state index contributed by atoms with van der Waals surface area (Å²) in [6.07, 6.45) is 3.49. The van der Waals surface area contributed by atoms with Gasteiger partial charge in [0.2, 0.25) is 0 Å². The molecule has 0 spiro atoms. The quantitative estimate of drug-likeness (QED) is 0.589. The standard InChI is InChI=1S/C18H14FN3O2/c19-12-2-5-16-15(10-12)18(24)14-4-3-13(22-7-1-6-20-22)11-17(14)21(16)8-9-23/h1-7,10-11,23H,8-9H2. The van der Waals surface area contributed by atoms with E-state index in [0.717, 1.165) is 5.69 Å². The number of hydrogen-bond donors (Lipinski definition) is 1. The van der Waals surface area contributed by atoms with Crippen LogP contribution >= 0.6 is 0 Å². The van der Waals surface area contributed by atoms with Crippen LogP contribution in [0, 0.1) is 5.82 Å². The molecule has 2 aromatic heterocycles. The van der Waals surface area contributed by atoms with Gasteiger partial charge in [-0.15, -0.1) is 0 Å². The third-order valence-corrected chi connectivity index (χ3v) is 4.10. The summed E-state index contributed by atoms with van der Waals surface area (Å²) in [7, 11) is 0. The molecule has 0 bridgehead atoms. The maximum atomic E-state index is 13.6. The molecule has 4 rings (SSSR count). The molecular formula is C18H14FN3O2. The van der Waals surface area contributed by atoms with E-state index in [0.29, 0.717) is 28.4 Å². The SMILES string of the molecule is O=c1c2cc(F)ccc2n(CCO)c2cc(-n3cccn3)ccc12. The van der Waals surface area contributed by atoms with Crippen molar-refractivity contribution < 1.29 is 9.50 Å². The van der Waals surface area contributed by atoms with Gasteiger partial charge in [0, 0.05) is 29.7 Å². The molecule has 2 heterocycles. The highest BCUT2D eigenvalue weighted by Gasteiger charge is 2.12. The molecule has 0 aliphatic rings. The summed E-state index contributed by atoms with van der Waals surface area (Å²) in [4.78, 5) is 12.7. The number of fused-ring (bicyclic) bond motifs is 2. The highest BCUT2D eigenvalue weighted by Crippen LogP contribution is 2.22. The Bertz CT molecular complexity index is 1100. The Morgan fingerprint density at radius 2 is 1.96 bits per heavy atom. The summed E-state index contributed by atoms with van der Waals surface area (Å²) in [6.45, 7) is 0.220. The van der Waals surface area contributed by atoms with E-state index in [1.807, 2.05) is 22.9 Å². The van der Waals surface area contributed by atoms with Gasteiger partial charge in [-0.3, -0.25) is 4.79 Å². The average Bonchev–Trinajstić information content (AvgIpc) is 3.13. The third-order valence-electron chi connectivity index (χ3n) is 4.10. The van der Waals surface area contributed by atoms with E-state index < -0.39 is 5.82 Å². The molecular weight excluding hydrogens is 309 g/mol. The predicted octanol–water partition coefficient (Wildman–Crippen LogP) is 2.47. The molecule has 0 saturated carbocycles. The molecule has 0 amide bonds. The Morgan fingerprint density at radius 3 is 2.71 bits per heavy atom. The number of aliphatic hydroxyl groups is 1. The van der Waals surface area contributed by atoms with Crippen molar-refractivity contribution in [3.63, 3.8) is 0 Å². The van der Waals surface area contributed by atoms with Crippen LogP contribution in [-0.4, -0.2) is 26.1 Å². The van der Waals surface area contributed by atoms with Crippen LogP contribution in [-0.2, 0) is 6.54 Å². The summed E-state index contributed by atoms with van der Waals surface area (Å²) >= 11 is 0. The fourth-order valence-electron chi connectivity index (χ4n) is 3.04. The van der Waals surface area contributed by atoms with Gasteiger partial charge in [0.15, 0.2) is 5.43 Å². The average molecular weight is 323 g/mol. The number of nitrogens with zero attached hydrogens (tertiary/aromatic N) is 3. The first-order chi connectivity index (χ1) is 11.7. The largest absolute Gasteiger partial charge is 0.395 e. The number of aliphatic hydroxyl groups excluding tert-OH is 1. The van der Waals surface area contributed by atoms with Crippen molar-refractivity contribution in [2.24, 2.45) is 0 Å². The molecule has 0 aliphatic carbocycles. The van der Waals surface area contributed by atoms with Crippen molar-refractivity contribution >= 4 is 21.8 Å². The minimum absolute atomic E-state index is 0.0869. The van der Waals surface area contributed by atoms with E-state index in [2.05, 4.69) is 5.10 Å². The van der Waals surface area contributed by atoms with Gasteiger partial charge in [-0.2, -0.15) is 5.10 Å². The van der Waals surface area contributed by atoms with Crippen LogP contribution in [0.25, 0.3) is 27.5 Å². The maximum absolute atomic E-state index is 13.6. The monoisotopic (exact) mass is 323 g/mol. The Kier molecular flexibility index (Phi) is 3.39. The van der Waals surface area contributed by atoms with Gasteiger partial charge in [0.05, 0.1) is 23.3 Å². The van der Waals surface area contributed by atoms with Crippen LogP contribution < -0.4 is 5.43 Å². The van der Waals surface area contributed by atoms with Crippen molar-refractivity contribution in [3.05, 3.63) is 70.9 Å². The topological polar surface area (TPSA) is 60.1 Å². The summed E-state index contributed by atoms with van der Waals surface area (Å²) < 4.78 is 17.1. The van der Waals surface area contributed by atoms with Crippen LogP contribution in [0.1, 0.15) is 0 Å². The Morgan fingerprint density at radius 1 is 1.08 bits per heavy atom. The van der Waals surface area contributed by atoms with Gasteiger partial charge in [0.1, 0.15) is 5.82 Å². The number of pyridine rings is 1. The number of rotatable bonds is 3. The molecule has 1 N–H and O–H groups in total. The van der Waals surface area contributed by atoms with Gasteiger partial charge in [-0.05, 0) is 42.5 Å². The second-order valence-electron chi connectivity index (χ2n) is 5.52. The van der Waals surface area contributed by atoms with Crippen LogP contribution in [0.3, 0.4) is 0 Å². The molecule has 0 atom stereocenters. The van der Waals surface area contributed by atoms with Crippen molar-refractivity contribution in [2.45, 2.75) is 6.54 Å². The fourth-order valence-corrected chi connectivity index (χ4v) is 3.04. The van der Waals surface area contributed by atoms with Crippen molar-refractivity contribution in [2.75, 3.05) is 6.61 Å². The second kappa shape index (κ2) is 5.58. The lowest BCUT2D eigenvalue weighted by Crippen LogP contribution is -2.14. The number of hydrogen-bond acceptors (Lipinski definition) is 3. The van der Waals surface area contributed by atoms with Gasteiger partial charge in [0.25, 0.3) is 0 Å². The predicted molar refractivity (Wildman–Crippen MR) is 89.9 cm³/mol. The lowest BCUT2D eigenvalue weighted by molar-refractivity contribution is 0.279. The Hall–Kier alpha value is -2.99. The van der Waals surface area contributed by atoms with Crippen LogP contribution in [0.5, 0.6) is 0 Å². The van der Waals surface area contributed by atoms with E-state index in [4.69, 9.17) is 0 Å². The van der Waals surface area contributed by atoms with E-state index >= 15 is 0 Å². The zero-order valence-electron chi connectivity index (χ0n) is 12.7. The van der Waals surface area contributed by atoms with Crippen LogP contribution in [0.15, 0.2) is 59.7 Å². The molecule has 5 nitrogen and oxygen atoms in total. The van der Waals surface area contributed by atoms with Crippen molar-refractivity contribution in [1.29, 1.82) is 0 Å². The zero-order valence-corrected chi connectivity index (χ0v) is 12.7. The summed E-state index contributed by atoms with van der Waals surface area (Å²) in [6, 6.07) is 11.3. The summed E-state index contributed by atoms with van der Waals surface area (Å²) in [5.41, 5.74) is 1.86. The third kappa shape index (κ3) is 2.19. The van der Waals surface area contributed by atoms with Crippen molar-refractivity contribution in [1.82, 2.24) is 14.3 Å². The van der Waals surface area contributed by atoms with Crippen LogP contribution in [0.4, 0.5) is 4.39 Å². The van der Waals surface area contributed by atoms with Gasteiger partial charge >= 0.3 is 0 Å². The first kappa shape index (κ1) is 14.6. The van der Waals surface area contributed by atoms with E-state index in [9.17, 15) is 14.3 Å². The highest BCUT2D eigenvalue weighted by atomic mass is 19.1. The van der Waals surface area contributed by atoms with Crippen LogP contribution in [0.2, 0.25) is 0 Å². The first-order valence-corrected chi connectivity index (χ1v) is 7.56. The molecule has 0 aliphatic heterocycles. The zero-order chi connectivity index (χ0) is 16.7. The lowest BCUT2D eigenvalue weighted by atomic mass is 10.1. The number of aromatic nitrogens is 3. The molecule has 0 unspecified atom stereocenters. The van der Waals surface area contributed by atoms with Gasteiger partial charge < -0.3 is 9.67 Å². The summed E-state index contributed by atoms with van der Waals surface area (Å²) in [5.74, 6) is -0.456. The first-order valence-electron chi connectivity index (χ1n) is 7.56. The van der Waals surface area contributed by atoms with Crippen molar-refractivity contribution in [3.8, 4) is 5.69 Å². The molecule has 24 heavy (non-hydrogen) atoms.